The van der Waals surface area contributed by atoms with Gasteiger partial charge in [-0.05, 0) is 30.5 Å². The molecule has 1 aromatic carbocycles. The smallest absolute Gasteiger partial charge is 0.274 e. The van der Waals surface area contributed by atoms with E-state index in [9.17, 15) is 4.79 Å². The number of nitrogens with zero attached hydrogens (tertiary/aromatic N) is 5. The molecular weight excluding hydrogens is 358 g/mol. The quantitative estimate of drug-likeness (QED) is 0.691. The van der Waals surface area contributed by atoms with Crippen LogP contribution in [-0.2, 0) is 6.54 Å². The summed E-state index contributed by atoms with van der Waals surface area (Å²) in [6.45, 7) is 10.2. The van der Waals surface area contributed by atoms with Gasteiger partial charge in [-0.1, -0.05) is 37.3 Å². The molecule has 3 aromatic rings. The summed E-state index contributed by atoms with van der Waals surface area (Å²) < 4.78 is 3.02. The number of anilines is 1. The maximum atomic E-state index is 12.7. The topological polar surface area (TPSA) is 54.3 Å². The number of carbonyl (C=O) groups excluding carboxylic acids is 1. The van der Waals surface area contributed by atoms with E-state index in [1.54, 1.807) is 22.1 Å². The third-order valence-corrected chi connectivity index (χ3v) is 6.16. The van der Waals surface area contributed by atoms with Crippen molar-refractivity contribution in [3.63, 3.8) is 0 Å². The lowest BCUT2D eigenvalue weighted by molar-refractivity contribution is 0.0740. The van der Waals surface area contributed by atoms with E-state index in [-0.39, 0.29) is 5.91 Å². The highest BCUT2D eigenvalue weighted by molar-refractivity contribution is 7.22. The standard InChI is InChI=1S/C20H25N5OS/c1-4-25-9-8-16(22-25)19(26)23-10-12-24(13-11-23)20-21-18-15(14(2)3)6-5-7-17(18)27-20/h5-9,14H,4,10-13H2,1-3H3. The first-order valence-corrected chi connectivity index (χ1v) is 10.4. The van der Waals surface area contributed by atoms with Gasteiger partial charge in [-0.2, -0.15) is 5.10 Å². The van der Waals surface area contributed by atoms with Crippen LogP contribution in [0, 0.1) is 0 Å². The minimum absolute atomic E-state index is 0.0215. The van der Waals surface area contributed by atoms with Crippen molar-refractivity contribution >= 4 is 32.6 Å². The molecule has 142 valence electrons. The minimum atomic E-state index is 0.0215. The average Bonchev–Trinajstić information content (AvgIpc) is 3.34. The van der Waals surface area contributed by atoms with E-state index in [1.165, 1.54) is 10.3 Å². The molecule has 0 bridgehead atoms. The van der Waals surface area contributed by atoms with Crippen molar-refractivity contribution in [2.45, 2.75) is 33.2 Å². The number of thiazole rings is 1. The SMILES string of the molecule is CCn1ccc(C(=O)N2CCN(c3nc4c(C(C)C)cccc4s3)CC2)n1. The van der Waals surface area contributed by atoms with Crippen LogP contribution < -0.4 is 4.90 Å². The molecule has 2 aromatic heterocycles. The number of amides is 1. The maximum Gasteiger partial charge on any atom is 0.274 e. The molecule has 27 heavy (non-hydrogen) atoms. The minimum Gasteiger partial charge on any atom is -0.345 e. The summed E-state index contributed by atoms with van der Waals surface area (Å²) >= 11 is 1.74. The molecule has 7 heteroatoms. The van der Waals surface area contributed by atoms with Gasteiger partial charge in [-0.25, -0.2) is 4.98 Å². The van der Waals surface area contributed by atoms with E-state index in [0.29, 0.717) is 24.7 Å². The lowest BCUT2D eigenvalue weighted by atomic mass is 10.0. The van der Waals surface area contributed by atoms with Gasteiger partial charge in [0, 0.05) is 38.9 Å². The lowest BCUT2D eigenvalue weighted by Crippen LogP contribution is -2.48. The first-order valence-electron chi connectivity index (χ1n) is 9.54. The predicted octanol–water partition coefficient (Wildman–Crippen LogP) is 3.60. The number of piperazine rings is 1. The fourth-order valence-electron chi connectivity index (χ4n) is 3.47. The van der Waals surface area contributed by atoms with Crippen molar-refractivity contribution in [1.29, 1.82) is 0 Å². The number of rotatable bonds is 4. The monoisotopic (exact) mass is 383 g/mol. The molecule has 0 radical (unpaired) electrons. The molecule has 4 rings (SSSR count). The van der Waals surface area contributed by atoms with Crippen molar-refractivity contribution in [3.05, 3.63) is 41.7 Å². The summed E-state index contributed by atoms with van der Waals surface area (Å²) in [6, 6.07) is 8.24. The second-order valence-electron chi connectivity index (χ2n) is 7.18. The molecule has 0 aliphatic carbocycles. The number of carbonyl (C=O) groups is 1. The zero-order valence-electron chi connectivity index (χ0n) is 16.1. The number of aromatic nitrogens is 3. The summed E-state index contributed by atoms with van der Waals surface area (Å²) in [6.07, 6.45) is 1.86. The Balaban J connectivity index is 1.47. The van der Waals surface area contributed by atoms with E-state index in [1.807, 2.05) is 18.0 Å². The molecule has 1 saturated heterocycles. The molecule has 6 nitrogen and oxygen atoms in total. The second-order valence-corrected chi connectivity index (χ2v) is 8.19. The Kier molecular flexibility index (Phi) is 4.86. The van der Waals surface area contributed by atoms with Gasteiger partial charge in [0.15, 0.2) is 5.13 Å². The highest BCUT2D eigenvalue weighted by Gasteiger charge is 2.25. The molecule has 1 fully saturated rings. The van der Waals surface area contributed by atoms with Gasteiger partial charge < -0.3 is 9.80 Å². The number of benzene rings is 1. The number of hydrogen-bond acceptors (Lipinski definition) is 5. The van der Waals surface area contributed by atoms with E-state index in [0.717, 1.165) is 30.3 Å². The summed E-state index contributed by atoms with van der Waals surface area (Å²) in [5.41, 5.74) is 2.96. The molecular formula is C20H25N5OS. The molecule has 0 spiro atoms. The van der Waals surface area contributed by atoms with Crippen LogP contribution in [0.25, 0.3) is 10.2 Å². The first kappa shape index (κ1) is 18.0. The fourth-order valence-corrected chi connectivity index (χ4v) is 4.53. The van der Waals surface area contributed by atoms with E-state index < -0.39 is 0 Å². The van der Waals surface area contributed by atoms with E-state index in [4.69, 9.17) is 4.98 Å². The lowest BCUT2D eigenvalue weighted by Gasteiger charge is -2.34. The normalized spacial score (nSPS) is 15.1. The predicted molar refractivity (Wildman–Crippen MR) is 110 cm³/mol. The maximum absolute atomic E-state index is 12.7. The highest BCUT2D eigenvalue weighted by Crippen LogP contribution is 2.33. The third-order valence-electron chi connectivity index (χ3n) is 5.08. The molecule has 0 atom stereocenters. The van der Waals surface area contributed by atoms with Crippen molar-refractivity contribution in [2.75, 3.05) is 31.1 Å². The Labute approximate surface area is 163 Å². The Morgan fingerprint density at radius 3 is 2.63 bits per heavy atom. The molecule has 0 N–H and O–H groups in total. The van der Waals surface area contributed by atoms with Crippen LogP contribution in [0.4, 0.5) is 5.13 Å². The Bertz CT molecular complexity index is 952. The molecule has 1 aliphatic rings. The number of para-hydroxylation sites is 1. The van der Waals surface area contributed by atoms with Crippen LogP contribution in [0.15, 0.2) is 30.5 Å². The third kappa shape index (κ3) is 3.43. The Hall–Kier alpha value is -2.41. The Morgan fingerprint density at radius 1 is 1.19 bits per heavy atom. The molecule has 3 heterocycles. The largest absolute Gasteiger partial charge is 0.345 e. The van der Waals surface area contributed by atoms with Crippen LogP contribution in [0.2, 0.25) is 0 Å². The van der Waals surface area contributed by atoms with Gasteiger partial charge in [-0.3, -0.25) is 9.48 Å². The average molecular weight is 384 g/mol. The van der Waals surface area contributed by atoms with Crippen molar-refractivity contribution in [2.24, 2.45) is 0 Å². The number of fused-ring (bicyclic) bond motifs is 1. The number of hydrogen-bond donors (Lipinski definition) is 0. The van der Waals surface area contributed by atoms with Gasteiger partial charge in [0.1, 0.15) is 5.69 Å². The van der Waals surface area contributed by atoms with E-state index in [2.05, 4.69) is 42.0 Å². The van der Waals surface area contributed by atoms with Gasteiger partial charge in [0.2, 0.25) is 0 Å². The van der Waals surface area contributed by atoms with Gasteiger partial charge in [0.25, 0.3) is 5.91 Å². The van der Waals surface area contributed by atoms with Gasteiger partial charge in [-0.15, -0.1) is 0 Å². The van der Waals surface area contributed by atoms with Crippen molar-refractivity contribution < 1.29 is 4.79 Å². The fraction of sp³-hybridized carbons (Fsp3) is 0.450. The van der Waals surface area contributed by atoms with Gasteiger partial charge in [0.05, 0.1) is 10.2 Å². The van der Waals surface area contributed by atoms with Crippen LogP contribution >= 0.6 is 11.3 Å². The van der Waals surface area contributed by atoms with Crippen molar-refractivity contribution in [3.8, 4) is 0 Å². The van der Waals surface area contributed by atoms with Crippen LogP contribution in [0.3, 0.4) is 0 Å². The van der Waals surface area contributed by atoms with Crippen LogP contribution in [-0.4, -0.2) is 51.8 Å². The van der Waals surface area contributed by atoms with Gasteiger partial charge >= 0.3 is 0 Å². The first-order chi connectivity index (χ1) is 13.1. The summed E-state index contributed by atoms with van der Waals surface area (Å²) in [5.74, 6) is 0.481. The van der Waals surface area contributed by atoms with Crippen LogP contribution in [0.1, 0.15) is 42.7 Å². The van der Waals surface area contributed by atoms with Crippen molar-refractivity contribution in [1.82, 2.24) is 19.7 Å². The highest BCUT2D eigenvalue weighted by atomic mass is 32.1. The van der Waals surface area contributed by atoms with E-state index >= 15 is 0 Å². The molecule has 1 aliphatic heterocycles. The molecule has 0 unspecified atom stereocenters. The zero-order valence-corrected chi connectivity index (χ0v) is 16.9. The zero-order chi connectivity index (χ0) is 19.0. The Morgan fingerprint density at radius 2 is 1.96 bits per heavy atom. The summed E-state index contributed by atoms with van der Waals surface area (Å²) in [7, 11) is 0. The molecule has 0 saturated carbocycles. The summed E-state index contributed by atoms with van der Waals surface area (Å²) in [5, 5.41) is 5.39. The summed E-state index contributed by atoms with van der Waals surface area (Å²) in [4.78, 5) is 21.8. The second kappa shape index (κ2) is 7.31. The van der Waals surface area contributed by atoms with Crippen LogP contribution in [0.5, 0.6) is 0 Å². The molecule has 1 amide bonds. The number of aryl methyl sites for hydroxylation is 1.